The number of hydrogen-bond donors (Lipinski definition) is 1. The number of carbonyl (C=O) groups is 1. The third-order valence-electron chi connectivity index (χ3n) is 9.99. The Morgan fingerprint density at radius 2 is 1.66 bits per heavy atom. The lowest BCUT2D eigenvalue weighted by Crippen LogP contribution is -2.62. The summed E-state index contributed by atoms with van der Waals surface area (Å²) in [4.78, 5) is 12.0. The van der Waals surface area contributed by atoms with Gasteiger partial charge in [-0.1, -0.05) is 31.5 Å². The van der Waals surface area contributed by atoms with E-state index in [1.165, 1.54) is 31.2 Å². The Balaban J connectivity index is 1.40. The molecule has 0 radical (unpaired) electrons. The Morgan fingerprint density at radius 1 is 0.931 bits per heavy atom. The minimum absolute atomic E-state index is 0.0869. The molecule has 1 heterocycles. The standard InChI is InChI=1S/C26H37NO2/c1-17-5-7-18(8-6-17)29-26(4)16-12-21-19-9-10-22-24(2,14-13-23(28)27-22)20(19)11-15-25(21,26)3/h5-8,19-22H,9-16H2,1-4H3,(H,27,28)/t19-,20-,21+,22?,24-,25+,26?/m1/s1. The second-order valence-electron chi connectivity index (χ2n) is 11.2. The second-order valence-corrected chi connectivity index (χ2v) is 11.2. The normalized spacial score (nSPS) is 46.3. The molecule has 0 bridgehead atoms. The third kappa shape index (κ3) is 2.79. The zero-order valence-electron chi connectivity index (χ0n) is 18.6. The van der Waals surface area contributed by atoms with Gasteiger partial charge < -0.3 is 10.1 Å². The molecule has 1 saturated heterocycles. The lowest BCUT2D eigenvalue weighted by molar-refractivity contribution is -0.144. The molecule has 1 aliphatic heterocycles. The van der Waals surface area contributed by atoms with Gasteiger partial charge in [-0.3, -0.25) is 4.79 Å². The first-order valence-electron chi connectivity index (χ1n) is 11.8. The van der Waals surface area contributed by atoms with E-state index < -0.39 is 0 Å². The van der Waals surface area contributed by atoms with E-state index in [1.54, 1.807) is 0 Å². The van der Waals surface area contributed by atoms with Crippen LogP contribution in [0.5, 0.6) is 5.75 Å². The van der Waals surface area contributed by atoms with Gasteiger partial charge in [0.15, 0.2) is 0 Å². The molecule has 29 heavy (non-hydrogen) atoms. The minimum atomic E-state index is -0.0869. The maximum Gasteiger partial charge on any atom is 0.220 e. The van der Waals surface area contributed by atoms with Crippen molar-refractivity contribution in [2.24, 2.45) is 28.6 Å². The predicted molar refractivity (Wildman–Crippen MR) is 116 cm³/mol. The van der Waals surface area contributed by atoms with E-state index in [1.807, 2.05) is 0 Å². The molecule has 1 aromatic rings. The number of nitrogens with one attached hydrogen (secondary N) is 1. The van der Waals surface area contributed by atoms with Crippen molar-refractivity contribution in [2.45, 2.75) is 90.7 Å². The highest BCUT2D eigenvalue weighted by Gasteiger charge is 2.64. The number of ether oxygens (including phenoxy) is 1. The van der Waals surface area contributed by atoms with Crippen molar-refractivity contribution in [1.82, 2.24) is 5.32 Å². The van der Waals surface area contributed by atoms with Gasteiger partial charge in [0, 0.05) is 17.9 Å². The van der Waals surface area contributed by atoms with Gasteiger partial charge in [0.25, 0.3) is 0 Å². The Labute approximate surface area is 176 Å². The Kier molecular flexibility index (Phi) is 4.35. The lowest BCUT2D eigenvalue weighted by Gasteiger charge is -2.61. The van der Waals surface area contributed by atoms with E-state index in [4.69, 9.17) is 4.74 Å². The smallest absolute Gasteiger partial charge is 0.220 e. The summed E-state index contributed by atoms with van der Waals surface area (Å²) >= 11 is 0. The highest BCUT2D eigenvalue weighted by molar-refractivity contribution is 5.77. The quantitative estimate of drug-likeness (QED) is 0.702. The van der Waals surface area contributed by atoms with Crippen molar-refractivity contribution in [1.29, 1.82) is 0 Å². The number of rotatable bonds is 2. The summed E-state index contributed by atoms with van der Waals surface area (Å²) in [6.07, 6.45) is 9.19. The van der Waals surface area contributed by atoms with Crippen LogP contribution in [0.4, 0.5) is 0 Å². The summed E-state index contributed by atoms with van der Waals surface area (Å²) in [6.45, 7) is 9.51. The van der Waals surface area contributed by atoms with E-state index in [2.05, 4.69) is 57.3 Å². The number of carbonyl (C=O) groups excluding carboxylic acids is 1. The van der Waals surface area contributed by atoms with Crippen molar-refractivity contribution in [3.63, 3.8) is 0 Å². The number of fused-ring (bicyclic) bond motifs is 5. The van der Waals surface area contributed by atoms with Crippen molar-refractivity contribution >= 4 is 5.91 Å². The summed E-state index contributed by atoms with van der Waals surface area (Å²) in [5, 5.41) is 3.35. The van der Waals surface area contributed by atoms with Crippen molar-refractivity contribution in [3.05, 3.63) is 29.8 Å². The van der Waals surface area contributed by atoms with Gasteiger partial charge in [-0.15, -0.1) is 0 Å². The van der Waals surface area contributed by atoms with Crippen LogP contribution in [-0.4, -0.2) is 17.6 Å². The molecule has 4 fully saturated rings. The summed E-state index contributed by atoms with van der Waals surface area (Å²) in [5.74, 6) is 3.57. The first-order valence-corrected chi connectivity index (χ1v) is 11.8. The first kappa shape index (κ1) is 19.5. The van der Waals surface area contributed by atoms with E-state index in [9.17, 15) is 4.79 Å². The average molecular weight is 396 g/mol. The maximum absolute atomic E-state index is 12.0. The van der Waals surface area contributed by atoms with Crippen LogP contribution in [-0.2, 0) is 4.79 Å². The van der Waals surface area contributed by atoms with Gasteiger partial charge in [-0.25, -0.2) is 0 Å². The Morgan fingerprint density at radius 3 is 2.41 bits per heavy atom. The number of piperidine rings is 1. The molecule has 3 aliphatic carbocycles. The van der Waals surface area contributed by atoms with Gasteiger partial charge in [0.2, 0.25) is 5.91 Å². The van der Waals surface area contributed by atoms with Gasteiger partial charge in [0.05, 0.1) is 0 Å². The lowest BCUT2D eigenvalue weighted by atomic mass is 9.46. The van der Waals surface area contributed by atoms with Crippen LogP contribution in [0.15, 0.2) is 24.3 Å². The molecule has 0 spiro atoms. The zero-order chi connectivity index (χ0) is 20.4. The second kappa shape index (κ2) is 6.49. The molecular weight excluding hydrogens is 358 g/mol. The van der Waals surface area contributed by atoms with Gasteiger partial charge >= 0.3 is 0 Å². The van der Waals surface area contributed by atoms with Gasteiger partial charge in [-0.2, -0.15) is 0 Å². The van der Waals surface area contributed by atoms with Crippen LogP contribution < -0.4 is 10.1 Å². The fraction of sp³-hybridized carbons (Fsp3) is 0.731. The molecule has 1 N–H and O–H groups in total. The molecule has 4 aliphatic rings. The summed E-state index contributed by atoms with van der Waals surface area (Å²) in [5.41, 5.74) is 1.72. The number of hydrogen-bond acceptors (Lipinski definition) is 2. The minimum Gasteiger partial charge on any atom is -0.487 e. The molecule has 3 saturated carbocycles. The van der Waals surface area contributed by atoms with Crippen LogP contribution in [0, 0.1) is 35.5 Å². The van der Waals surface area contributed by atoms with E-state index in [0.29, 0.717) is 12.5 Å². The van der Waals surface area contributed by atoms with Crippen molar-refractivity contribution in [3.8, 4) is 5.75 Å². The van der Waals surface area contributed by atoms with Crippen LogP contribution >= 0.6 is 0 Å². The van der Waals surface area contributed by atoms with E-state index in [-0.39, 0.29) is 22.3 Å². The first-order chi connectivity index (χ1) is 13.8. The molecule has 5 rings (SSSR count). The topological polar surface area (TPSA) is 38.3 Å². The number of amides is 1. The molecule has 3 nitrogen and oxygen atoms in total. The molecule has 1 amide bonds. The molecule has 0 aromatic heterocycles. The van der Waals surface area contributed by atoms with Crippen molar-refractivity contribution in [2.75, 3.05) is 0 Å². The number of benzene rings is 1. The number of aryl methyl sites for hydroxylation is 1. The molecule has 3 heteroatoms. The third-order valence-corrected chi connectivity index (χ3v) is 9.99. The summed E-state index contributed by atoms with van der Waals surface area (Å²) in [7, 11) is 0. The van der Waals surface area contributed by atoms with Crippen LogP contribution in [0.1, 0.15) is 77.7 Å². The van der Waals surface area contributed by atoms with Crippen LogP contribution in [0.25, 0.3) is 0 Å². The SMILES string of the molecule is Cc1ccc(OC2(C)CC[C@H]3[C@@H]4CCC5NC(=O)CC[C@]5(C)[C@@H]4CC[C@@]32C)cc1. The summed E-state index contributed by atoms with van der Waals surface area (Å²) in [6, 6.07) is 8.99. The zero-order valence-corrected chi connectivity index (χ0v) is 18.6. The predicted octanol–water partition coefficient (Wildman–Crippen LogP) is 5.65. The average Bonchev–Trinajstić information content (AvgIpc) is 2.95. The largest absolute Gasteiger partial charge is 0.487 e. The van der Waals surface area contributed by atoms with Gasteiger partial charge in [-0.05, 0) is 94.1 Å². The molecular formula is C26H37NO2. The molecule has 7 atom stereocenters. The highest BCUT2D eigenvalue weighted by Crippen LogP contribution is 2.67. The monoisotopic (exact) mass is 395 g/mol. The molecule has 2 unspecified atom stereocenters. The molecule has 158 valence electrons. The fourth-order valence-corrected chi connectivity index (χ4v) is 7.96. The Bertz CT molecular complexity index is 803. The van der Waals surface area contributed by atoms with E-state index in [0.717, 1.165) is 42.8 Å². The highest BCUT2D eigenvalue weighted by atomic mass is 16.5. The molecule has 1 aromatic carbocycles. The van der Waals surface area contributed by atoms with Crippen LogP contribution in [0.3, 0.4) is 0 Å². The maximum atomic E-state index is 12.0. The van der Waals surface area contributed by atoms with Crippen LogP contribution in [0.2, 0.25) is 0 Å². The fourth-order valence-electron chi connectivity index (χ4n) is 7.96. The summed E-state index contributed by atoms with van der Waals surface area (Å²) < 4.78 is 6.76. The Hall–Kier alpha value is -1.51. The van der Waals surface area contributed by atoms with Crippen molar-refractivity contribution < 1.29 is 9.53 Å². The van der Waals surface area contributed by atoms with Gasteiger partial charge in [0.1, 0.15) is 11.4 Å². The van der Waals surface area contributed by atoms with E-state index >= 15 is 0 Å².